The first-order valence-corrected chi connectivity index (χ1v) is 7.43. The van der Waals surface area contributed by atoms with E-state index in [1.165, 1.54) is 31.2 Å². The molecule has 98 valence electrons. The van der Waals surface area contributed by atoms with Crippen LogP contribution in [-0.2, 0) is 12.0 Å². The molecule has 0 aromatic heterocycles. The summed E-state index contributed by atoms with van der Waals surface area (Å²) in [5.41, 5.74) is 9.03. The minimum Gasteiger partial charge on any atom is -0.326 e. The Labute approximate surface area is 111 Å². The van der Waals surface area contributed by atoms with Crippen LogP contribution in [0.25, 0.3) is 0 Å². The summed E-state index contributed by atoms with van der Waals surface area (Å²) in [7, 11) is 0. The first kappa shape index (κ1) is 12.2. The summed E-state index contributed by atoms with van der Waals surface area (Å²) in [5.74, 6) is 2.72. The molecule has 1 aromatic rings. The Bertz CT molecular complexity index is 406. The smallest absolute Gasteiger partial charge is 0.0178 e. The summed E-state index contributed by atoms with van der Waals surface area (Å²) in [6.07, 6.45) is 5.65. The van der Waals surface area contributed by atoms with Crippen molar-refractivity contribution in [3.05, 3.63) is 35.4 Å². The van der Waals surface area contributed by atoms with Crippen LogP contribution in [0.3, 0.4) is 0 Å². The van der Waals surface area contributed by atoms with Gasteiger partial charge in [-0.1, -0.05) is 38.1 Å². The van der Waals surface area contributed by atoms with E-state index in [9.17, 15) is 0 Å². The van der Waals surface area contributed by atoms with Crippen LogP contribution in [0.4, 0.5) is 0 Å². The zero-order chi connectivity index (χ0) is 12.8. The van der Waals surface area contributed by atoms with Gasteiger partial charge in [0.2, 0.25) is 0 Å². The molecule has 18 heavy (non-hydrogen) atoms. The monoisotopic (exact) mass is 243 g/mol. The van der Waals surface area contributed by atoms with Crippen molar-refractivity contribution >= 4 is 0 Å². The van der Waals surface area contributed by atoms with Gasteiger partial charge in [0, 0.05) is 6.54 Å². The SMILES string of the molecule is CC1CC2CC(C)CC2(c2ccc(CN)cc2)C1. The first-order chi connectivity index (χ1) is 8.64. The summed E-state index contributed by atoms with van der Waals surface area (Å²) >= 11 is 0. The average Bonchev–Trinajstić information content (AvgIpc) is 2.81. The summed E-state index contributed by atoms with van der Waals surface area (Å²) in [6, 6.07) is 9.16. The predicted octanol–water partition coefficient (Wildman–Crippen LogP) is 3.86. The van der Waals surface area contributed by atoms with E-state index in [0.717, 1.165) is 17.8 Å². The third-order valence-electron chi connectivity index (χ3n) is 5.35. The molecule has 2 fully saturated rings. The lowest BCUT2D eigenvalue weighted by atomic mass is 9.73. The molecule has 0 aliphatic heterocycles. The van der Waals surface area contributed by atoms with Gasteiger partial charge >= 0.3 is 0 Å². The molecule has 2 N–H and O–H groups in total. The van der Waals surface area contributed by atoms with E-state index in [2.05, 4.69) is 38.1 Å². The van der Waals surface area contributed by atoms with Crippen LogP contribution in [0.2, 0.25) is 0 Å². The Balaban J connectivity index is 1.96. The molecule has 0 spiro atoms. The van der Waals surface area contributed by atoms with E-state index in [1.807, 2.05) is 0 Å². The van der Waals surface area contributed by atoms with Gasteiger partial charge in [0.15, 0.2) is 0 Å². The fourth-order valence-corrected chi connectivity index (χ4v) is 4.79. The molecule has 2 aliphatic rings. The van der Waals surface area contributed by atoms with Gasteiger partial charge in [-0.05, 0) is 60.0 Å². The highest BCUT2D eigenvalue weighted by molar-refractivity contribution is 5.33. The van der Waals surface area contributed by atoms with Crippen LogP contribution in [0, 0.1) is 17.8 Å². The Morgan fingerprint density at radius 1 is 1.06 bits per heavy atom. The summed E-state index contributed by atoms with van der Waals surface area (Å²) in [4.78, 5) is 0. The summed E-state index contributed by atoms with van der Waals surface area (Å²) in [5, 5.41) is 0. The van der Waals surface area contributed by atoms with E-state index >= 15 is 0 Å². The van der Waals surface area contributed by atoms with Crippen molar-refractivity contribution in [3.63, 3.8) is 0 Å². The van der Waals surface area contributed by atoms with Crippen LogP contribution in [0.1, 0.15) is 50.7 Å². The van der Waals surface area contributed by atoms with Crippen molar-refractivity contribution in [2.24, 2.45) is 23.5 Å². The minimum atomic E-state index is 0.492. The number of rotatable bonds is 2. The maximum atomic E-state index is 5.70. The van der Waals surface area contributed by atoms with Crippen LogP contribution < -0.4 is 5.73 Å². The second-order valence-corrected chi connectivity index (χ2v) is 6.84. The molecule has 2 aliphatic carbocycles. The minimum absolute atomic E-state index is 0.492. The lowest BCUT2D eigenvalue weighted by molar-refractivity contribution is 0.364. The molecule has 0 amide bonds. The van der Waals surface area contributed by atoms with Crippen molar-refractivity contribution in [2.45, 2.75) is 51.5 Å². The van der Waals surface area contributed by atoms with E-state index < -0.39 is 0 Å². The number of benzene rings is 1. The van der Waals surface area contributed by atoms with E-state index in [-0.39, 0.29) is 0 Å². The molecule has 2 atom stereocenters. The molecule has 1 heteroatoms. The van der Waals surface area contributed by atoms with E-state index in [1.54, 1.807) is 5.56 Å². The number of hydrogen-bond acceptors (Lipinski definition) is 1. The fourth-order valence-electron chi connectivity index (χ4n) is 4.79. The standard InChI is InChI=1S/C17H25N/c1-12-7-16-8-13(2)10-17(16,9-12)15-5-3-14(11-18)4-6-15/h3-6,12-13,16H,7-11,18H2,1-2H3. The highest BCUT2D eigenvalue weighted by Crippen LogP contribution is 2.59. The predicted molar refractivity (Wildman–Crippen MR) is 76.3 cm³/mol. The molecular formula is C17H25N. The Hall–Kier alpha value is -0.820. The normalized spacial score (nSPS) is 38.9. The summed E-state index contributed by atoms with van der Waals surface area (Å²) < 4.78 is 0. The topological polar surface area (TPSA) is 26.0 Å². The van der Waals surface area contributed by atoms with E-state index in [4.69, 9.17) is 5.73 Å². The maximum Gasteiger partial charge on any atom is 0.0178 e. The Morgan fingerprint density at radius 3 is 2.11 bits per heavy atom. The van der Waals surface area contributed by atoms with Gasteiger partial charge < -0.3 is 5.73 Å². The third kappa shape index (κ3) is 1.80. The molecule has 2 unspecified atom stereocenters. The zero-order valence-corrected chi connectivity index (χ0v) is 11.7. The number of hydrogen-bond donors (Lipinski definition) is 1. The van der Waals surface area contributed by atoms with Gasteiger partial charge in [0.05, 0.1) is 0 Å². The quantitative estimate of drug-likeness (QED) is 0.838. The van der Waals surface area contributed by atoms with Crippen molar-refractivity contribution in [2.75, 3.05) is 0 Å². The van der Waals surface area contributed by atoms with Crippen LogP contribution >= 0.6 is 0 Å². The van der Waals surface area contributed by atoms with Crippen molar-refractivity contribution in [3.8, 4) is 0 Å². The van der Waals surface area contributed by atoms with Gasteiger partial charge in [0.1, 0.15) is 0 Å². The number of fused-ring (bicyclic) bond motifs is 1. The largest absolute Gasteiger partial charge is 0.326 e. The average molecular weight is 243 g/mol. The molecule has 2 saturated carbocycles. The van der Waals surface area contributed by atoms with Gasteiger partial charge in [0.25, 0.3) is 0 Å². The van der Waals surface area contributed by atoms with Crippen LogP contribution in [-0.4, -0.2) is 0 Å². The lowest BCUT2D eigenvalue weighted by Crippen LogP contribution is -2.25. The molecule has 1 aromatic carbocycles. The van der Waals surface area contributed by atoms with Crippen molar-refractivity contribution < 1.29 is 0 Å². The van der Waals surface area contributed by atoms with Gasteiger partial charge in [-0.15, -0.1) is 0 Å². The zero-order valence-electron chi connectivity index (χ0n) is 11.7. The lowest BCUT2D eigenvalue weighted by Gasteiger charge is -2.31. The fraction of sp³-hybridized carbons (Fsp3) is 0.647. The molecule has 0 radical (unpaired) electrons. The molecule has 0 saturated heterocycles. The van der Waals surface area contributed by atoms with Crippen LogP contribution in [0.15, 0.2) is 24.3 Å². The molecule has 1 nitrogen and oxygen atoms in total. The first-order valence-electron chi connectivity index (χ1n) is 7.43. The van der Waals surface area contributed by atoms with Crippen LogP contribution in [0.5, 0.6) is 0 Å². The van der Waals surface area contributed by atoms with Gasteiger partial charge in [-0.25, -0.2) is 0 Å². The summed E-state index contributed by atoms with van der Waals surface area (Å²) in [6.45, 7) is 5.52. The second-order valence-electron chi connectivity index (χ2n) is 6.84. The molecule has 0 bridgehead atoms. The number of nitrogens with two attached hydrogens (primary N) is 1. The molecule has 3 rings (SSSR count). The molecular weight excluding hydrogens is 218 g/mol. The Morgan fingerprint density at radius 2 is 1.61 bits per heavy atom. The van der Waals surface area contributed by atoms with Gasteiger partial charge in [-0.2, -0.15) is 0 Å². The van der Waals surface area contributed by atoms with Crippen molar-refractivity contribution in [1.29, 1.82) is 0 Å². The van der Waals surface area contributed by atoms with Crippen molar-refractivity contribution in [1.82, 2.24) is 0 Å². The second kappa shape index (κ2) is 4.38. The van der Waals surface area contributed by atoms with Gasteiger partial charge in [-0.3, -0.25) is 0 Å². The maximum absolute atomic E-state index is 5.70. The highest BCUT2D eigenvalue weighted by Gasteiger charge is 2.51. The highest BCUT2D eigenvalue weighted by atomic mass is 14.6. The third-order valence-corrected chi connectivity index (χ3v) is 5.35. The van der Waals surface area contributed by atoms with E-state index in [0.29, 0.717) is 12.0 Å². The Kier molecular flexibility index (Phi) is 2.97. The molecule has 0 heterocycles.